The molecule has 168 valence electrons. The zero-order valence-electron chi connectivity index (χ0n) is 17.7. The zero-order chi connectivity index (χ0) is 22.6. The van der Waals surface area contributed by atoms with Crippen molar-refractivity contribution in [3.63, 3.8) is 0 Å². The van der Waals surface area contributed by atoms with Crippen LogP contribution >= 0.6 is 0 Å². The van der Waals surface area contributed by atoms with Crippen LogP contribution < -0.4 is 0 Å². The number of rotatable bonds is 6. The molecule has 0 aromatic heterocycles. The molecule has 3 aliphatic rings. The molecule has 4 unspecified atom stereocenters. The van der Waals surface area contributed by atoms with E-state index in [4.69, 9.17) is 4.74 Å². The zero-order valence-corrected chi connectivity index (χ0v) is 17.7. The summed E-state index contributed by atoms with van der Waals surface area (Å²) in [6.07, 6.45) is 4.41. The van der Waals surface area contributed by atoms with Crippen molar-refractivity contribution in [2.45, 2.75) is 44.8 Å². The lowest BCUT2D eigenvalue weighted by Gasteiger charge is -2.20. The van der Waals surface area contributed by atoms with Crippen molar-refractivity contribution < 1.29 is 27.4 Å². The molecule has 0 amide bonds. The number of hydrogen-bond acceptors (Lipinski definition) is 2. The number of benzene rings is 2. The largest absolute Gasteiger partial charge is 0.388 e. The summed E-state index contributed by atoms with van der Waals surface area (Å²) in [6, 6.07) is 6.12. The van der Waals surface area contributed by atoms with E-state index in [1.165, 1.54) is 12.1 Å². The highest BCUT2D eigenvalue weighted by Gasteiger charge is 2.40. The van der Waals surface area contributed by atoms with Crippen molar-refractivity contribution in [3.05, 3.63) is 81.9 Å². The Kier molecular flexibility index (Phi) is 5.46. The molecule has 6 heteroatoms. The van der Waals surface area contributed by atoms with Gasteiger partial charge in [0, 0.05) is 22.3 Å². The van der Waals surface area contributed by atoms with Gasteiger partial charge in [0.15, 0.2) is 23.3 Å². The van der Waals surface area contributed by atoms with Crippen molar-refractivity contribution in [2.75, 3.05) is 6.61 Å². The summed E-state index contributed by atoms with van der Waals surface area (Å²) in [7, 11) is 0. The number of epoxide rings is 1. The second-order valence-electron chi connectivity index (χ2n) is 8.79. The molecule has 1 heterocycles. The van der Waals surface area contributed by atoms with Crippen LogP contribution in [-0.2, 0) is 4.74 Å². The molecule has 0 saturated carbocycles. The summed E-state index contributed by atoms with van der Waals surface area (Å²) in [5, 5.41) is 10.1. The Morgan fingerprint density at radius 1 is 0.875 bits per heavy atom. The number of allylic oxidation sites excluding steroid dienone is 4. The Morgan fingerprint density at radius 2 is 1.44 bits per heavy atom. The molecule has 0 radical (unpaired) electrons. The highest BCUT2D eigenvalue weighted by Crippen LogP contribution is 2.52. The fraction of sp³-hybridized carbons (Fsp3) is 0.385. The molecule has 2 aromatic rings. The van der Waals surface area contributed by atoms with E-state index >= 15 is 0 Å². The first kappa shape index (κ1) is 21.4. The molecule has 1 saturated heterocycles. The minimum Gasteiger partial charge on any atom is -0.388 e. The number of halogens is 4. The third-order valence-electron chi connectivity index (χ3n) is 6.92. The average molecular weight is 444 g/mol. The standard InChI is InChI=1S/C26H24F4O2/c1-2-3-21(31)19-10-8-17(23(27)25(19)29)15-6-4-14-13(15)5-7-16(14)18-9-11-20(22-12-32-22)26(30)24(18)28/h6-11,13-14,21-22,31H,2-5,12H2,1H3. The number of ether oxygens (including phenoxy) is 1. The lowest BCUT2D eigenvalue weighted by atomic mass is 9.84. The van der Waals surface area contributed by atoms with E-state index in [9.17, 15) is 22.7 Å². The molecule has 2 aromatic carbocycles. The molecule has 1 N–H and O–H groups in total. The van der Waals surface area contributed by atoms with E-state index < -0.39 is 29.4 Å². The maximum absolute atomic E-state index is 15.0. The molecular formula is C26H24F4O2. The van der Waals surface area contributed by atoms with Crippen LogP contribution in [0.15, 0.2) is 36.4 Å². The number of aliphatic hydroxyl groups is 1. The van der Waals surface area contributed by atoms with E-state index in [1.54, 1.807) is 12.1 Å². The highest BCUT2D eigenvalue weighted by molar-refractivity contribution is 5.80. The summed E-state index contributed by atoms with van der Waals surface area (Å²) in [5.41, 5.74) is 1.97. The van der Waals surface area contributed by atoms with Gasteiger partial charge < -0.3 is 9.84 Å². The van der Waals surface area contributed by atoms with Gasteiger partial charge in [-0.1, -0.05) is 49.8 Å². The van der Waals surface area contributed by atoms with Crippen molar-refractivity contribution >= 4 is 11.1 Å². The first-order valence-electron chi connectivity index (χ1n) is 11.1. The van der Waals surface area contributed by atoms with E-state index in [0.29, 0.717) is 43.4 Å². The number of hydrogen-bond donors (Lipinski definition) is 1. The van der Waals surface area contributed by atoms with Crippen LogP contribution in [0.3, 0.4) is 0 Å². The van der Waals surface area contributed by atoms with Crippen molar-refractivity contribution in [1.82, 2.24) is 0 Å². The monoisotopic (exact) mass is 444 g/mol. The topological polar surface area (TPSA) is 32.8 Å². The predicted octanol–water partition coefficient (Wildman–Crippen LogP) is 6.65. The summed E-state index contributed by atoms with van der Waals surface area (Å²) in [4.78, 5) is 0. The molecule has 0 spiro atoms. The van der Waals surface area contributed by atoms with Crippen molar-refractivity contribution in [3.8, 4) is 0 Å². The van der Waals surface area contributed by atoms with Gasteiger partial charge in [-0.2, -0.15) is 0 Å². The maximum atomic E-state index is 15.0. The summed E-state index contributed by atoms with van der Waals surface area (Å²) in [5.74, 6) is -4.00. The lowest BCUT2D eigenvalue weighted by Crippen LogP contribution is -2.10. The van der Waals surface area contributed by atoms with Gasteiger partial charge in [0.05, 0.1) is 12.7 Å². The molecule has 4 atom stereocenters. The quantitative estimate of drug-likeness (QED) is 0.399. The third kappa shape index (κ3) is 3.41. The van der Waals surface area contributed by atoms with Crippen molar-refractivity contribution in [2.24, 2.45) is 11.8 Å². The predicted molar refractivity (Wildman–Crippen MR) is 113 cm³/mol. The molecule has 1 fully saturated rings. The Hall–Kier alpha value is -2.44. The fourth-order valence-corrected chi connectivity index (χ4v) is 5.18. The smallest absolute Gasteiger partial charge is 0.166 e. The molecule has 2 aliphatic carbocycles. The maximum Gasteiger partial charge on any atom is 0.166 e. The van der Waals surface area contributed by atoms with Gasteiger partial charge in [-0.15, -0.1) is 0 Å². The van der Waals surface area contributed by atoms with Crippen LogP contribution in [0.2, 0.25) is 0 Å². The van der Waals surface area contributed by atoms with E-state index in [1.807, 2.05) is 19.1 Å². The second kappa shape index (κ2) is 8.16. The Bertz CT molecular complexity index is 1130. The Balaban J connectivity index is 1.41. The normalized spacial score (nSPS) is 24.9. The lowest BCUT2D eigenvalue weighted by molar-refractivity contribution is 0.160. The minimum absolute atomic E-state index is 0.0363. The third-order valence-corrected chi connectivity index (χ3v) is 6.92. The van der Waals surface area contributed by atoms with Crippen LogP contribution in [-0.4, -0.2) is 11.7 Å². The van der Waals surface area contributed by atoms with Gasteiger partial charge >= 0.3 is 0 Å². The van der Waals surface area contributed by atoms with Gasteiger partial charge in [0.25, 0.3) is 0 Å². The summed E-state index contributed by atoms with van der Waals surface area (Å²) >= 11 is 0. The van der Waals surface area contributed by atoms with Gasteiger partial charge in [-0.25, -0.2) is 17.6 Å². The highest BCUT2D eigenvalue weighted by atomic mass is 19.2. The van der Waals surface area contributed by atoms with Crippen LogP contribution in [0.1, 0.15) is 67.1 Å². The molecule has 2 nitrogen and oxygen atoms in total. The van der Waals surface area contributed by atoms with E-state index in [-0.39, 0.29) is 40.2 Å². The molecule has 5 rings (SSSR count). The van der Waals surface area contributed by atoms with Crippen molar-refractivity contribution in [1.29, 1.82) is 0 Å². The molecular weight excluding hydrogens is 420 g/mol. The van der Waals surface area contributed by atoms with Gasteiger partial charge in [0.1, 0.15) is 6.10 Å². The Morgan fingerprint density at radius 3 is 2.00 bits per heavy atom. The van der Waals surface area contributed by atoms with Crippen LogP contribution in [0.5, 0.6) is 0 Å². The minimum atomic E-state index is -1.05. The van der Waals surface area contributed by atoms with E-state index in [0.717, 1.165) is 0 Å². The first-order chi connectivity index (χ1) is 15.4. The van der Waals surface area contributed by atoms with Gasteiger partial charge in [-0.05, 0) is 42.2 Å². The Labute approximate surface area is 184 Å². The summed E-state index contributed by atoms with van der Waals surface area (Å²) < 4.78 is 64.1. The van der Waals surface area contributed by atoms with E-state index in [2.05, 4.69) is 0 Å². The number of aliphatic hydroxyl groups excluding tert-OH is 1. The fourth-order valence-electron chi connectivity index (χ4n) is 5.18. The second-order valence-corrected chi connectivity index (χ2v) is 8.79. The van der Waals surface area contributed by atoms with Crippen LogP contribution in [0.25, 0.3) is 11.1 Å². The SMILES string of the molecule is CCCC(O)c1ccc(C2=CCC3C(c4ccc(C5CO5)c(F)c4F)=CCC23)c(F)c1F. The summed E-state index contributed by atoms with van der Waals surface area (Å²) in [6.45, 7) is 2.26. The van der Waals surface area contributed by atoms with Crippen LogP contribution in [0, 0.1) is 35.1 Å². The van der Waals surface area contributed by atoms with Gasteiger partial charge in [0.2, 0.25) is 0 Å². The molecule has 1 aliphatic heterocycles. The number of fused-ring (bicyclic) bond motifs is 1. The average Bonchev–Trinajstić information content (AvgIpc) is 3.40. The van der Waals surface area contributed by atoms with Gasteiger partial charge in [-0.3, -0.25) is 0 Å². The first-order valence-corrected chi connectivity index (χ1v) is 11.1. The molecule has 32 heavy (non-hydrogen) atoms. The van der Waals surface area contributed by atoms with Crippen LogP contribution in [0.4, 0.5) is 17.6 Å². The molecule has 0 bridgehead atoms.